The van der Waals surface area contributed by atoms with Crippen LogP contribution in [0.5, 0.6) is 0 Å². The predicted molar refractivity (Wildman–Crippen MR) is 90.2 cm³/mol. The van der Waals surface area contributed by atoms with Crippen molar-refractivity contribution >= 4 is 23.8 Å². The van der Waals surface area contributed by atoms with Crippen molar-refractivity contribution in [1.29, 1.82) is 0 Å². The number of nitrogens with one attached hydrogen (secondary N) is 1. The van der Waals surface area contributed by atoms with Gasteiger partial charge in [0.15, 0.2) is 18.5 Å². The smallest absolute Gasteiger partial charge is 0.303 e. The summed E-state index contributed by atoms with van der Waals surface area (Å²) in [4.78, 5) is 46.0. The Balaban J connectivity index is 3.24. The maximum Gasteiger partial charge on any atom is 0.303 e. The average Bonchev–Trinajstić information content (AvgIpc) is 2.54. The van der Waals surface area contributed by atoms with Gasteiger partial charge in [-0.3, -0.25) is 19.2 Å². The highest BCUT2D eigenvalue weighted by Gasteiger charge is 2.51. The van der Waals surface area contributed by atoms with E-state index in [0.29, 0.717) is 0 Å². The standard InChI is InChI=1S/C17H25NO9/c1-6-7-23-17-14(18-9(2)19)16(26-12(5)22)15(25-11(4)21)13(27-17)8-24-10(3)20/h6,13-17H,1,7-8H2,2-5H3,(H,18,19)/t13-,14+,15+,16+,17-/m0/s1. The Morgan fingerprint density at radius 2 is 1.59 bits per heavy atom. The van der Waals surface area contributed by atoms with Crippen molar-refractivity contribution in [3.63, 3.8) is 0 Å². The fourth-order valence-corrected chi connectivity index (χ4v) is 2.60. The fourth-order valence-electron chi connectivity index (χ4n) is 2.60. The first-order valence-corrected chi connectivity index (χ1v) is 8.28. The van der Waals surface area contributed by atoms with Crippen LogP contribution < -0.4 is 5.32 Å². The molecule has 1 aliphatic rings. The third-order valence-electron chi connectivity index (χ3n) is 3.45. The largest absolute Gasteiger partial charge is 0.463 e. The second-order valence-electron chi connectivity index (χ2n) is 5.84. The van der Waals surface area contributed by atoms with Gasteiger partial charge in [-0.1, -0.05) is 6.08 Å². The Kier molecular flexibility index (Phi) is 8.89. The van der Waals surface area contributed by atoms with Crippen molar-refractivity contribution in [3.8, 4) is 0 Å². The lowest BCUT2D eigenvalue weighted by Crippen LogP contribution is -2.66. The first-order chi connectivity index (χ1) is 12.6. The average molecular weight is 387 g/mol. The summed E-state index contributed by atoms with van der Waals surface area (Å²) in [6.45, 7) is 8.16. The van der Waals surface area contributed by atoms with E-state index < -0.39 is 54.5 Å². The van der Waals surface area contributed by atoms with E-state index in [-0.39, 0.29) is 13.2 Å². The first kappa shape index (κ1) is 22.6. The molecule has 1 saturated heterocycles. The van der Waals surface area contributed by atoms with Crippen LogP contribution in [-0.4, -0.2) is 67.7 Å². The SMILES string of the molecule is C=CCO[C@H]1O[C@@H](COC(C)=O)[C@@H](OC(C)=O)[C@H](OC(C)=O)[C@H]1NC(C)=O. The summed E-state index contributed by atoms with van der Waals surface area (Å²) in [5, 5.41) is 2.59. The minimum Gasteiger partial charge on any atom is -0.463 e. The Hall–Kier alpha value is -2.46. The van der Waals surface area contributed by atoms with Crippen LogP contribution in [0.4, 0.5) is 0 Å². The molecule has 0 aliphatic carbocycles. The Morgan fingerprint density at radius 3 is 2.07 bits per heavy atom. The van der Waals surface area contributed by atoms with Crippen LogP contribution in [-0.2, 0) is 42.9 Å². The molecule has 0 spiro atoms. The molecule has 0 unspecified atom stereocenters. The molecule has 0 aromatic carbocycles. The number of amides is 1. The van der Waals surface area contributed by atoms with Crippen LogP contribution >= 0.6 is 0 Å². The number of esters is 3. The zero-order valence-electron chi connectivity index (χ0n) is 15.8. The molecule has 1 N–H and O–H groups in total. The molecular weight excluding hydrogens is 362 g/mol. The molecule has 0 radical (unpaired) electrons. The molecule has 5 atom stereocenters. The quantitative estimate of drug-likeness (QED) is 0.343. The normalized spacial score (nSPS) is 27.2. The maximum atomic E-state index is 11.6. The van der Waals surface area contributed by atoms with Gasteiger partial charge in [-0.15, -0.1) is 6.58 Å². The molecule has 10 nitrogen and oxygen atoms in total. The van der Waals surface area contributed by atoms with E-state index in [1.165, 1.54) is 33.8 Å². The fraction of sp³-hybridized carbons (Fsp3) is 0.647. The summed E-state index contributed by atoms with van der Waals surface area (Å²) in [6, 6.07) is -0.968. The molecular formula is C17H25NO9. The van der Waals surface area contributed by atoms with Crippen LogP contribution in [0.15, 0.2) is 12.7 Å². The minimum atomic E-state index is -1.13. The van der Waals surface area contributed by atoms with Gasteiger partial charge < -0.3 is 29.0 Å². The molecule has 1 aliphatic heterocycles. The maximum absolute atomic E-state index is 11.6. The van der Waals surface area contributed by atoms with Crippen molar-refractivity contribution in [2.24, 2.45) is 0 Å². The highest BCUT2D eigenvalue weighted by molar-refractivity contribution is 5.73. The predicted octanol–water partition coefficient (Wildman–Crippen LogP) is -0.155. The van der Waals surface area contributed by atoms with E-state index in [1.54, 1.807) is 0 Å². The molecule has 1 fully saturated rings. The monoisotopic (exact) mass is 387 g/mol. The van der Waals surface area contributed by atoms with Gasteiger partial charge in [0.2, 0.25) is 5.91 Å². The zero-order valence-corrected chi connectivity index (χ0v) is 15.8. The van der Waals surface area contributed by atoms with Gasteiger partial charge in [0.05, 0.1) is 6.61 Å². The number of carbonyl (C=O) groups excluding carboxylic acids is 4. The summed E-state index contributed by atoms with van der Waals surface area (Å²) in [5.74, 6) is -2.34. The van der Waals surface area contributed by atoms with E-state index in [2.05, 4.69) is 11.9 Å². The highest BCUT2D eigenvalue weighted by atomic mass is 16.7. The van der Waals surface area contributed by atoms with Crippen molar-refractivity contribution < 1.29 is 42.9 Å². The van der Waals surface area contributed by atoms with Gasteiger partial charge >= 0.3 is 17.9 Å². The van der Waals surface area contributed by atoms with Crippen molar-refractivity contribution in [3.05, 3.63) is 12.7 Å². The molecule has 10 heteroatoms. The molecule has 0 aromatic rings. The van der Waals surface area contributed by atoms with E-state index in [9.17, 15) is 19.2 Å². The highest BCUT2D eigenvalue weighted by Crippen LogP contribution is 2.27. The summed E-state index contributed by atoms with van der Waals surface area (Å²) >= 11 is 0. The van der Waals surface area contributed by atoms with Crippen LogP contribution in [0, 0.1) is 0 Å². The van der Waals surface area contributed by atoms with Gasteiger partial charge in [-0.05, 0) is 0 Å². The van der Waals surface area contributed by atoms with E-state index in [0.717, 1.165) is 0 Å². The molecule has 1 rings (SSSR count). The van der Waals surface area contributed by atoms with Crippen molar-refractivity contribution in [2.45, 2.75) is 58.3 Å². The van der Waals surface area contributed by atoms with Crippen LogP contribution in [0.1, 0.15) is 27.7 Å². The van der Waals surface area contributed by atoms with Crippen molar-refractivity contribution in [2.75, 3.05) is 13.2 Å². The zero-order chi connectivity index (χ0) is 20.6. The molecule has 0 saturated carbocycles. The third-order valence-corrected chi connectivity index (χ3v) is 3.45. The number of rotatable bonds is 8. The Morgan fingerprint density at radius 1 is 1.00 bits per heavy atom. The summed E-state index contributed by atoms with van der Waals surface area (Å²) in [5.41, 5.74) is 0. The van der Waals surface area contributed by atoms with Gasteiger partial charge in [0.1, 0.15) is 18.8 Å². The Labute approximate surface area is 157 Å². The molecule has 152 valence electrons. The summed E-state index contributed by atoms with van der Waals surface area (Å²) in [7, 11) is 0. The second kappa shape index (κ2) is 10.6. The van der Waals surface area contributed by atoms with Crippen LogP contribution in [0.3, 0.4) is 0 Å². The molecule has 0 aromatic heterocycles. The second-order valence-corrected chi connectivity index (χ2v) is 5.84. The lowest BCUT2D eigenvalue weighted by Gasteiger charge is -2.44. The lowest BCUT2D eigenvalue weighted by atomic mass is 9.96. The summed E-state index contributed by atoms with van der Waals surface area (Å²) in [6.07, 6.45) is -2.84. The van der Waals surface area contributed by atoms with Gasteiger partial charge in [-0.25, -0.2) is 0 Å². The lowest BCUT2D eigenvalue weighted by molar-refractivity contribution is -0.275. The van der Waals surface area contributed by atoms with Crippen LogP contribution in [0.2, 0.25) is 0 Å². The summed E-state index contributed by atoms with van der Waals surface area (Å²) < 4.78 is 26.8. The molecule has 0 bridgehead atoms. The van der Waals surface area contributed by atoms with Crippen LogP contribution in [0.25, 0.3) is 0 Å². The number of ether oxygens (including phenoxy) is 5. The van der Waals surface area contributed by atoms with E-state index >= 15 is 0 Å². The van der Waals surface area contributed by atoms with E-state index in [1.807, 2.05) is 0 Å². The van der Waals surface area contributed by atoms with Gasteiger partial charge in [0.25, 0.3) is 0 Å². The third kappa shape index (κ3) is 7.35. The Bertz CT molecular complexity index is 577. The van der Waals surface area contributed by atoms with Gasteiger partial charge in [0, 0.05) is 27.7 Å². The topological polar surface area (TPSA) is 126 Å². The molecule has 27 heavy (non-hydrogen) atoms. The number of hydrogen-bond donors (Lipinski definition) is 1. The van der Waals surface area contributed by atoms with Crippen molar-refractivity contribution in [1.82, 2.24) is 5.32 Å². The molecule has 1 amide bonds. The van der Waals surface area contributed by atoms with Gasteiger partial charge in [-0.2, -0.15) is 0 Å². The van der Waals surface area contributed by atoms with E-state index in [4.69, 9.17) is 23.7 Å². The number of carbonyl (C=O) groups is 4. The minimum absolute atomic E-state index is 0.0755. The number of hydrogen-bond acceptors (Lipinski definition) is 9. The first-order valence-electron chi connectivity index (χ1n) is 8.28. The molecule has 1 heterocycles.